The summed E-state index contributed by atoms with van der Waals surface area (Å²) in [5.74, 6) is 0.0370. The molecule has 0 atom stereocenters. The molecule has 0 spiro atoms. The van der Waals surface area contributed by atoms with Crippen LogP contribution in [0.15, 0.2) is 47.3 Å². The van der Waals surface area contributed by atoms with Crippen molar-refractivity contribution in [1.29, 1.82) is 0 Å². The lowest BCUT2D eigenvalue weighted by molar-refractivity contribution is 0.102. The lowest BCUT2D eigenvalue weighted by Gasteiger charge is -2.02. The van der Waals surface area contributed by atoms with Gasteiger partial charge in [-0.15, -0.1) is 0 Å². The summed E-state index contributed by atoms with van der Waals surface area (Å²) in [4.78, 5) is 19.8. The molecular formula is C13H8ClN3O2. The minimum atomic E-state index is -0.306. The van der Waals surface area contributed by atoms with Gasteiger partial charge in [0.1, 0.15) is 29.1 Å². The van der Waals surface area contributed by atoms with Crippen molar-refractivity contribution in [2.75, 3.05) is 5.32 Å². The normalized spacial score (nSPS) is 10.6. The Balaban J connectivity index is 1.92. The molecule has 0 radical (unpaired) electrons. The topological polar surface area (TPSA) is 68.0 Å². The van der Waals surface area contributed by atoms with Crippen LogP contribution < -0.4 is 5.32 Å². The van der Waals surface area contributed by atoms with Gasteiger partial charge in [0.15, 0.2) is 0 Å². The largest absolute Gasteiger partial charge is 0.463 e. The Hall–Kier alpha value is -2.40. The molecule has 0 bridgehead atoms. The van der Waals surface area contributed by atoms with Crippen LogP contribution in [-0.4, -0.2) is 15.9 Å². The summed E-state index contributed by atoms with van der Waals surface area (Å²) in [5, 5.41) is 3.66. The van der Waals surface area contributed by atoms with Crippen molar-refractivity contribution in [3.05, 3.63) is 53.6 Å². The molecule has 1 aromatic carbocycles. The van der Waals surface area contributed by atoms with Gasteiger partial charge in [-0.05, 0) is 6.07 Å². The standard InChI is InChI=1S/C13H8ClN3O2/c14-11-5-12(16-7-15-11)17-13(18)9-6-19-10-4-2-1-3-8(9)10/h1-7H,(H,15,16,17,18). The highest BCUT2D eigenvalue weighted by atomic mass is 35.5. The highest BCUT2D eigenvalue weighted by Crippen LogP contribution is 2.21. The fourth-order valence-electron chi connectivity index (χ4n) is 1.74. The Labute approximate surface area is 113 Å². The lowest BCUT2D eigenvalue weighted by atomic mass is 10.1. The maximum atomic E-state index is 12.1. The van der Waals surface area contributed by atoms with E-state index in [-0.39, 0.29) is 11.1 Å². The van der Waals surface area contributed by atoms with E-state index in [9.17, 15) is 4.79 Å². The first kappa shape index (κ1) is 11.7. The molecule has 1 N–H and O–H groups in total. The fraction of sp³-hybridized carbons (Fsp3) is 0. The molecule has 0 aliphatic heterocycles. The average Bonchev–Trinajstić information content (AvgIpc) is 2.82. The van der Waals surface area contributed by atoms with E-state index in [1.54, 1.807) is 6.07 Å². The van der Waals surface area contributed by atoms with Crippen molar-refractivity contribution in [3.8, 4) is 0 Å². The number of nitrogens with zero attached hydrogens (tertiary/aromatic N) is 2. The average molecular weight is 274 g/mol. The summed E-state index contributed by atoms with van der Waals surface area (Å²) in [6, 6.07) is 8.78. The second-order valence-electron chi connectivity index (χ2n) is 3.83. The lowest BCUT2D eigenvalue weighted by Crippen LogP contribution is -2.12. The summed E-state index contributed by atoms with van der Waals surface area (Å²) in [6.45, 7) is 0. The summed E-state index contributed by atoms with van der Waals surface area (Å²) in [7, 11) is 0. The summed E-state index contributed by atoms with van der Waals surface area (Å²) in [5.41, 5.74) is 1.11. The number of hydrogen-bond donors (Lipinski definition) is 1. The first-order valence-electron chi connectivity index (χ1n) is 5.49. The molecule has 6 heteroatoms. The smallest absolute Gasteiger partial charge is 0.260 e. The number of halogens is 1. The number of benzene rings is 1. The summed E-state index contributed by atoms with van der Waals surface area (Å²) in [6.07, 6.45) is 2.70. The van der Waals surface area contributed by atoms with Gasteiger partial charge in [0, 0.05) is 11.5 Å². The minimum Gasteiger partial charge on any atom is -0.463 e. The molecule has 0 saturated heterocycles. The minimum absolute atomic E-state index is 0.266. The molecule has 5 nitrogen and oxygen atoms in total. The van der Waals surface area contributed by atoms with Crippen LogP contribution in [0.25, 0.3) is 11.0 Å². The van der Waals surface area contributed by atoms with Gasteiger partial charge in [0.25, 0.3) is 5.91 Å². The molecular weight excluding hydrogens is 266 g/mol. The Morgan fingerprint density at radius 2 is 2.11 bits per heavy atom. The number of rotatable bonds is 2. The van der Waals surface area contributed by atoms with Crippen LogP contribution >= 0.6 is 11.6 Å². The third kappa shape index (κ3) is 2.28. The molecule has 1 amide bonds. The SMILES string of the molecule is O=C(Nc1cc(Cl)ncn1)c1coc2ccccc12. The van der Waals surface area contributed by atoms with Crippen LogP contribution in [0.2, 0.25) is 5.15 Å². The molecule has 94 valence electrons. The molecule has 2 aromatic heterocycles. The van der Waals surface area contributed by atoms with Gasteiger partial charge in [0.2, 0.25) is 0 Å². The van der Waals surface area contributed by atoms with Gasteiger partial charge < -0.3 is 9.73 Å². The summed E-state index contributed by atoms with van der Waals surface area (Å²) < 4.78 is 5.31. The van der Waals surface area contributed by atoms with E-state index in [1.807, 2.05) is 18.2 Å². The van der Waals surface area contributed by atoms with Gasteiger partial charge in [-0.2, -0.15) is 0 Å². The maximum absolute atomic E-state index is 12.1. The summed E-state index contributed by atoms with van der Waals surface area (Å²) >= 11 is 5.73. The molecule has 0 unspecified atom stereocenters. The van der Waals surface area contributed by atoms with E-state index >= 15 is 0 Å². The van der Waals surface area contributed by atoms with Crippen molar-refractivity contribution in [3.63, 3.8) is 0 Å². The number of furan rings is 1. The van der Waals surface area contributed by atoms with Crippen molar-refractivity contribution < 1.29 is 9.21 Å². The molecule has 2 heterocycles. The quantitative estimate of drug-likeness (QED) is 0.728. The predicted octanol–water partition coefficient (Wildman–Crippen LogP) is 3.13. The molecule has 0 fully saturated rings. The number of aromatic nitrogens is 2. The monoisotopic (exact) mass is 273 g/mol. The van der Waals surface area contributed by atoms with Gasteiger partial charge in [-0.1, -0.05) is 29.8 Å². The van der Waals surface area contributed by atoms with Crippen LogP contribution in [0, 0.1) is 0 Å². The third-order valence-corrected chi connectivity index (χ3v) is 2.81. The number of para-hydroxylation sites is 1. The second-order valence-corrected chi connectivity index (χ2v) is 4.21. The fourth-order valence-corrected chi connectivity index (χ4v) is 1.89. The van der Waals surface area contributed by atoms with Gasteiger partial charge in [0.05, 0.1) is 5.56 Å². The number of carbonyl (C=O) groups excluding carboxylic acids is 1. The zero-order chi connectivity index (χ0) is 13.2. The zero-order valence-corrected chi connectivity index (χ0v) is 10.4. The number of fused-ring (bicyclic) bond motifs is 1. The molecule has 3 rings (SSSR count). The van der Waals surface area contributed by atoms with Crippen LogP contribution in [-0.2, 0) is 0 Å². The first-order chi connectivity index (χ1) is 9.24. The molecule has 19 heavy (non-hydrogen) atoms. The zero-order valence-electron chi connectivity index (χ0n) is 9.63. The van der Waals surface area contributed by atoms with E-state index in [2.05, 4.69) is 15.3 Å². The number of nitrogens with one attached hydrogen (secondary N) is 1. The molecule has 3 aromatic rings. The number of anilines is 1. The van der Waals surface area contributed by atoms with Crippen molar-refractivity contribution in [1.82, 2.24) is 9.97 Å². The highest BCUT2D eigenvalue weighted by molar-refractivity contribution is 6.29. The Kier molecular flexibility index (Phi) is 2.89. The van der Waals surface area contributed by atoms with Crippen molar-refractivity contribution in [2.45, 2.75) is 0 Å². The Morgan fingerprint density at radius 1 is 1.26 bits per heavy atom. The van der Waals surface area contributed by atoms with Crippen LogP contribution in [0.5, 0.6) is 0 Å². The third-order valence-electron chi connectivity index (χ3n) is 2.60. The van der Waals surface area contributed by atoms with Gasteiger partial charge in [-0.3, -0.25) is 4.79 Å². The number of carbonyl (C=O) groups is 1. The van der Waals surface area contributed by atoms with Gasteiger partial charge in [-0.25, -0.2) is 9.97 Å². The van der Waals surface area contributed by atoms with Crippen LogP contribution in [0.1, 0.15) is 10.4 Å². The van der Waals surface area contributed by atoms with E-state index in [1.165, 1.54) is 18.7 Å². The Morgan fingerprint density at radius 3 is 2.95 bits per heavy atom. The van der Waals surface area contributed by atoms with Crippen LogP contribution in [0.4, 0.5) is 5.82 Å². The maximum Gasteiger partial charge on any atom is 0.260 e. The van der Waals surface area contributed by atoms with Crippen LogP contribution in [0.3, 0.4) is 0 Å². The molecule has 0 aliphatic carbocycles. The van der Waals surface area contributed by atoms with Crippen molar-refractivity contribution in [2.24, 2.45) is 0 Å². The number of amides is 1. The predicted molar refractivity (Wildman–Crippen MR) is 71.2 cm³/mol. The van der Waals surface area contributed by atoms with E-state index in [0.717, 1.165) is 5.39 Å². The number of hydrogen-bond acceptors (Lipinski definition) is 4. The van der Waals surface area contributed by atoms with E-state index < -0.39 is 0 Å². The molecule has 0 aliphatic rings. The van der Waals surface area contributed by atoms with Gasteiger partial charge >= 0.3 is 0 Å². The first-order valence-corrected chi connectivity index (χ1v) is 5.87. The Bertz CT molecular complexity index is 754. The molecule has 0 saturated carbocycles. The van der Waals surface area contributed by atoms with Crippen molar-refractivity contribution >= 4 is 34.3 Å². The van der Waals surface area contributed by atoms with E-state index in [4.69, 9.17) is 16.0 Å². The van der Waals surface area contributed by atoms with E-state index in [0.29, 0.717) is 17.0 Å². The highest BCUT2D eigenvalue weighted by Gasteiger charge is 2.14. The second kappa shape index (κ2) is 4.70.